The Balaban J connectivity index is 2.16. The summed E-state index contributed by atoms with van der Waals surface area (Å²) >= 11 is 0. The molecular formula is C26H34N2O6. The molecule has 0 saturated carbocycles. The minimum Gasteiger partial charge on any atom is -0.493 e. The van der Waals surface area contributed by atoms with Crippen molar-refractivity contribution in [1.29, 1.82) is 0 Å². The number of hydrogen-bond acceptors (Lipinski definition) is 7. The summed E-state index contributed by atoms with van der Waals surface area (Å²) in [5, 5.41) is 2.57. The standard InChI is InChI=1S/C26H34N2O6/c1-14(2)22(20-10-9-15(3)13-16(20)4)18(6)33-26(31)17(5)28-25(30)23-24(34-19(7)29)21(32-8)11-12-27-23/h9-14,17-18,22H,1-8H3,(H,28,30)/t17-,18-,22-/m0/s1. The van der Waals surface area contributed by atoms with Gasteiger partial charge in [-0.25, -0.2) is 9.78 Å². The molecule has 0 bridgehead atoms. The maximum absolute atomic E-state index is 12.8. The molecule has 0 aliphatic rings. The number of benzene rings is 1. The van der Waals surface area contributed by atoms with Gasteiger partial charge in [0.2, 0.25) is 5.75 Å². The van der Waals surface area contributed by atoms with Crippen molar-refractivity contribution >= 4 is 17.8 Å². The fourth-order valence-corrected chi connectivity index (χ4v) is 4.03. The van der Waals surface area contributed by atoms with E-state index in [-0.39, 0.29) is 29.0 Å². The third-order valence-corrected chi connectivity index (χ3v) is 5.56. The van der Waals surface area contributed by atoms with E-state index in [2.05, 4.69) is 49.3 Å². The monoisotopic (exact) mass is 470 g/mol. The van der Waals surface area contributed by atoms with E-state index in [9.17, 15) is 14.4 Å². The second-order valence-electron chi connectivity index (χ2n) is 8.75. The van der Waals surface area contributed by atoms with E-state index >= 15 is 0 Å². The molecule has 0 saturated heterocycles. The van der Waals surface area contributed by atoms with Crippen LogP contribution < -0.4 is 14.8 Å². The Labute approximate surface area is 201 Å². The Kier molecular flexibility index (Phi) is 9.18. The van der Waals surface area contributed by atoms with Crippen LogP contribution in [0.15, 0.2) is 30.5 Å². The maximum atomic E-state index is 12.8. The lowest BCUT2D eigenvalue weighted by molar-refractivity contribution is -0.151. The van der Waals surface area contributed by atoms with Gasteiger partial charge >= 0.3 is 11.9 Å². The first-order chi connectivity index (χ1) is 16.0. The highest BCUT2D eigenvalue weighted by atomic mass is 16.6. The van der Waals surface area contributed by atoms with Crippen molar-refractivity contribution in [3.05, 3.63) is 52.8 Å². The lowest BCUT2D eigenvalue weighted by Crippen LogP contribution is -2.42. The van der Waals surface area contributed by atoms with Crippen LogP contribution in [0.1, 0.15) is 67.7 Å². The number of methoxy groups -OCH3 is 1. The van der Waals surface area contributed by atoms with Gasteiger partial charge in [-0.05, 0) is 44.7 Å². The molecule has 8 nitrogen and oxygen atoms in total. The van der Waals surface area contributed by atoms with Crippen LogP contribution in [0.2, 0.25) is 0 Å². The SMILES string of the molecule is COc1ccnc(C(=O)N[C@@H](C)C(=O)O[C@@H](C)[C@@H](c2ccc(C)cc2C)C(C)C)c1OC(C)=O. The smallest absolute Gasteiger partial charge is 0.328 e. The van der Waals surface area contributed by atoms with Crippen LogP contribution >= 0.6 is 0 Å². The Morgan fingerprint density at radius 2 is 1.71 bits per heavy atom. The lowest BCUT2D eigenvalue weighted by Gasteiger charge is -2.30. The molecule has 1 aromatic carbocycles. The Morgan fingerprint density at radius 3 is 2.26 bits per heavy atom. The van der Waals surface area contributed by atoms with Gasteiger partial charge in [-0.15, -0.1) is 0 Å². The molecule has 0 radical (unpaired) electrons. The predicted molar refractivity (Wildman–Crippen MR) is 128 cm³/mol. The molecule has 0 unspecified atom stereocenters. The molecule has 34 heavy (non-hydrogen) atoms. The normalized spacial score (nSPS) is 13.6. The van der Waals surface area contributed by atoms with Crippen molar-refractivity contribution in [3.8, 4) is 11.5 Å². The summed E-state index contributed by atoms with van der Waals surface area (Å²) in [6.45, 7) is 12.9. The van der Waals surface area contributed by atoms with Crippen molar-refractivity contribution in [2.24, 2.45) is 5.92 Å². The molecule has 184 valence electrons. The minimum absolute atomic E-state index is 0.0110. The van der Waals surface area contributed by atoms with Gasteiger partial charge in [-0.2, -0.15) is 0 Å². The van der Waals surface area contributed by atoms with Gasteiger partial charge in [0, 0.05) is 25.1 Å². The number of aryl methyl sites for hydroxylation is 2. The maximum Gasteiger partial charge on any atom is 0.328 e. The molecule has 0 fully saturated rings. The molecular weight excluding hydrogens is 436 g/mol. The summed E-state index contributed by atoms with van der Waals surface area (Å²) < 4.78 is 16.0. The number of hydrogen-bond donors (Lipinski definition) is 1. The predicted octanol–water partition coefficient (Wildman–Crippen LogP) is 4.12. The first kappa shape index (κ1) is 26.8. The number of amides is 1. The number of esters is 2. The molecule has 1 N–H and O–H groups in total. The minimum atomic E-state index is -0.958. The van der Waals surface area contributed by atoms with E-state index in [0.29, 0.717) is 0 Å². The van der Waals surface area contributed by atoms with Gasteiger partial charge in [-0.1, -0.05) is 37.6 Å². The van der Waals surface area contributed by atoms with Crippen molar-refractivity contribution < 1.29 is 28.6 Å². The van der Waals surface area contributed by atoms with Crippen LogP contribution in [0, 0.1) is 19.8 Å². The van der Waals surface area contributed by atoms with Crippen LogP contribution in [0.3, 0.4) is 0 Å². The van der Waals surface area contributed by atoms with Crippen molar-refractivity contribution in [2.45, 2.75) is 66.5 Å². The summed E-state index contributed by atoms with van der Waals surface area (Å²) in [5.41, 5.74) is 3.27. The number of aromatic nitrogens is 1. The zero-order chi connectivity index (χ0) is 25.6. The van der Waals surface area contributed by atoms with Gasteiger partial charge < -0.3 is 19.5 Å². The van der Waals surface area contributed by atoms with E-state index < -0.39 is 30.0 Å². The lowest BCUT2D eigenvalue weighted by atomic mass is 9.82. The number of rotatable bonds is 9. The number of carbonyl (C=O) groups is 3. The molecule has 1 heterocycles. The van der Waals surface area contributed by atoms with Crippen molar-refractivity contribution in [1.82, 2.24) is 10.3 Å². The highest BCUT2D eigenvalue weighted by Gasteiger charge is 2.30. The number of nitrogens with zero attached hydrogens (tertiary/aromatic N) is 1. The average molecular weight is 471 g/mol. The van der Waals surface area contributed by atoms with E-state index in [1.807, 2.05) is 13.8 Å². The number of carbonyl (C=O) groups excluding carboxylic acids is 3. The number of pyridine rings is 1. The molecule has 0 aliphatic carbocycles. The Hall–Kier alpha value is -3.42. The second-order valence-corrected chi connectivity index (χ2v) is 8.75. The van der Waals surface area contributed by atoms with Crippen LogP contribution in [-0.2, 0) is 14.3 Å². The van der Waals surface area contributed by atoms with Gasteiger partial charge in [0.1, 0.15) is 12.1 Å². The third-order valence-electron chi connectivity index (χ3n) is 5.56. The number of nitrogens with one attached hydrogen (secondary N) is 1. The largest absolute Gasteiger partial charge is 0.493 e. The van der Waals surface area contributed by atoms with E-state index in [4.69, 9.17) is 14.2 Å². The summed E-state index contributed by atoms with van der Waals surface area (Å²) in [6, 6.07) is 6.75. The topological polar surface area (TPSA) is 104 Å². The van der Waals surface area contributed by atoms with Crippen molar-refractivity contribution in [3.63, 3.8) is 0 Å². The molecule has 1 aromatic heterocycles. The third kappa shape index (κ3) is 6.56. The van der Waals surface area contributed by atoms with E-state index in [1.165, 1.54) is 38.8 Å². The van der Waals surface area contributed by atoms with E-state index in [0.717, 1.165) is 11.1 Å². The van der Waals surface area contributed by atoms with Crippen LogP contribution in [0.4, 0.5) is 0 Å². The molecule has 1 amide bonds. The highest BCUT2D eigenvalue weighted by Crippen LogP contribution is 2.33. The quantitative estimate of drug-likeness (QED) is 0.550. The summed E-state index contributed by atoms with van der Waals surface area (Å²) in [6.07, 6.45) is 0.933. The fraction of sp³-hybridized carbons (Fsp3) is 0.462. The van der Waals surface area contributed by atoms with Gasteiger partial charge in [0.15, 0.2) is 11.4 Å². The van der Waals surface area contributed by atoms with Crippen LogP contribution in [0.5, 0.6) is 11.5 Å². The van der Waals surface area contributed by atoms with E-state index in [1.54, 1.807) is 0 Å². The zero-order valence-corrected chi connectivity index (χ0v) is 21.1. The first-order valence-electron chi connectivity index (χ1n) is 11.3. The molecule has 2 rings (SSSR count). The second kappa shape index (κ2) is 11.6. The zero-order valence-electron chi connectivity index (χ0n) is 21.1. The van der Waals surface area contributed by atoms with Crippen LogP contribution in [0.25, 0.3) is 0 Å². The summed E-state index contributed by atoms with van der Waals surface area (Å²) in [7, 11) is 1.38. The molecule has 2 aromatic rings. The molecule has 8 heteroatoms. The van der Waals surface area contributed by atoms with Gasteiger partial charge in [0.05, 0.1) is 7.11 Å². The van der Waals surface area contributed by atoms with Gasteiger partial charge in [-0.3, -0.25) is 9.59 Å². The number of ether oxygens (including phenoxy) is 3. The summed E-state index contributed by atoms with van der Waals surface area (Å²) in [4.78, 5) is 41.1. The van der Waals surface area contributed by atoms with Gasteiger partial charge in [0.25, 0.3) is 5.91 Å². The Bertz CT molecular complexity index is 1050. The molecule has 0 aliphatic heterocycles. The average Bonchev–Trinajstić information content (AvgIpc) is 2.74. The van der Waals surface area contributed by atoms with Crippen LogP contribution in [-0.4, -0.2) is 42.1 Å². The summed E-state index contributed by atoms with van der Waals surface area (Å²) in [5.74, 6) is -1.63. The molecule has 0 spiro atoms. The highest BCUT2D eigenvalue weighted by molar-refractivity contribution is 5.98. The molecule has 3 atom stereocenters. The van der Waals surface area contributed by atoms with Crippen molar-refractivity contribution in [2.75, 3.05) is 7.11 Å². The Morgan fingerprint density at radius 1 is 1.03 bits per heavy atom. The first-order valence-corrected chi connectivity index (χ1v) is 11.3. The fourth-order valence-electron chi connectivity index (χ4n) is 4.03.